The van der Waals surface area contributed by atoms with Gasteiger partial charge in [0.15, 0.2) is 5.82 Å². The lowest BCUT2D eigenvalue weighted by Gasteiger charge is -2.19. The molecular formula is C21H18ClN5S. The summed E-state index contributed by atoms with van der Waals surface area (Å²) in [6.45, 7) is 5.04. The van der Waals surface area contributed by atoms with Gasteiger partial charge in [-0.05, 0) is 60.0 Å². The number of hydrogen-bond donors (Lipinski definition) is 1. The van der Waals surface area contributed by atoms with Crippen LogP contribution in [-0.2, 0) is 12.0 Å². The number of tetrazole rings is 1. The molecule has 0 fully saturated rings. The molecular weight excluding hydrogens is 390 g/mol. The molecule has 5 rings (SSSR count). The largest absolute Gasteiger partial charge is 0.343 e. The third kappa shape index (κ3) is 2.72. The van der Waals surface area contributed by atoms with Crippen molar-refractivity contribution < 1.29 is 0 Å². The first-order valence-corrected chi connectivity index (χ1v) is 10.3. The number of fused-ring (bicyclic) bond motifs is 2. The van der Waals surface area contributed by atoms with E-state index in [1.54, 1.807) is 11.3 Å². The molecule has 0 unspecified atom stereocenters. The Kier molecular flexibility index (Phi) is 4.00. The minimum Gasteiger partial charge on any atom is -0.343 e. The van der Waals surface area contributed by atoms with Gasteiger partial charge in [0.2, 0.25) is 0 Å². The molecule has 0 aliphatic heterocycles. The zero-order chi connectivity index (χ0) is 19.3. The standard InChI is InChI=1S/C21H18ClN5S/c1-21(2,20-23-25-26-24-20)17-11-27(18-6-4-3-5-15(17)18)10-13-12-28-19-8-7-14(22)9-16(13)19/h3-9,11-12H,10H2,1-2H3,(H,23,24,25,26). The number of thiophene rings is 1. The molecule has 5 aromatic rings. The van der Waals surface area contributed by atoms with Gasteiger partial charge in [0.05, 0.1) is 5.41 Å². The number of nitrogens with zero attached hydrogens (tertiary/aromatic N) is 4. The maximum Gasteiger partial charge on any atom is 0.184 e. The van der Waals surface area contributed by atoms with Crippen LogP contribution < -0.4 is 0 Å². The Balaban J connectivity index is 1.65. The van der Waals surface area contributed by atoms with E-state index in [1.807, 2.05) is 6.07 Å². The van der Waals surface area contributed by atoms with E-state index in [0.717, 1.165) is 11.6 Å². The van der Waals surface area contributed by atoms with E-state index in [4.69, 9.17) is 11.6 Å². The Bertz CT molecular complexity index is 1280. The highest BCUT2D eigenvalue weighted by molar-refractivity contribution is 7.17. The lowest BCUT2D eigenvalue weighted by atomic mass is 9.84. The predicted molar refractivity (Wildman–Crippen MR) is 114 cm³/mol. The number of aromatic amines is 1. The molecule has 28 heavy (non-hydrogen) atoms. The lowest BCUT2D eigenvalue weighted by molar-refractivity contribution is 0.593. The highest BCUT2D eigenvalue weighted by atomic mass is 35.5. The van der Waals surface area contributed by atoms with Gasteiger partial charge in [-0.2, -0.15) is 5.21 Å². The molecule has 1 N–H and O–H groups in total. The van der Waals surface area contributed by atoms with Gasteiger partial charge in [-0.25, -0.2) is 0 Å². The summed E-state index contributed by atoms with van der Waals surface area (Å²) in [7, 11) is 0. The minimum absolute atomic E-state index is 0.363. The van der Waals surface area contributed by atoms with Crippen LogP contribution in [-0.4, -0.2) is 25.2 Å². The smallest absolute Gasteiger partial charge is 0.184 e. The molecule has 0 aliphatic carbocycles. The van der Waals surface area contributed by atoms with Crippen LogP contribution in [0.1, 0.15) is 30.8 Å². The van der Waals surface area contributed by atoms with Gasteiger partial charge in [-0.15, -0.1) is 21.5 Å². The number of nitrogens with one attached hydrogen (secondary N) is 1. The number of benzene rings is 2. The average molecular weight is 408 g/mol. The second-order valence-electron chi connectivity index (χ2n) is 7.45. The van der Waals surface area contributed by atoms with Crippen LogP contribution in [0.3, 0.4) is 0 Å². The quantitative estimate of drug-likeness (QED) is 0.434. The number of halogens is 1. The Morgan fingerprint density at radius 1 is 1.14 bits per heavy atom. The maximum absolute atomic E-state index is 6.24. The van der Waals surface area contributed by atoms with Crippen molar-refractivity contribution in [3.8, 4) is 0 Å². The van der Waals surface area contributed by atoms with E-state index in [2.05, 4.69) is 87.0 Å². The van der Waals surface area contributed by atoms with Crippen molar-refractivity contribution in [1.29, 1.82) is 0 Å². The van der Waals surface area contributed by atoms with Gasteiger partial charge < -0.3 is 4.57 Å². The minimum atomic E-state index is -0.363. The summed E-state index contributed by atoms with van der Waals surface area (Å²) in [5.74, 6) is 0.683. The fraction of sp³-hybridized carbons (Fsp3) is 0.190. The Morgan fingerprint density at radius 2 is 2.00 bits per heavy atom. The molecule has 0 saturated heterocycles. The number of rotatable bonds is 4. The molecule has 3 aromatic heterocycles. The summed E-state index contributed by atoms with van der Waals surface area (Å²) >= 11 is 7.99. The number of aromatic nitrogens is 5. The first-order valence-electron chi connectivity index (χ1n) is 9.02. The van der Waals surface area contributed by atoms with Crippen molar-refractivity contribution in [3.63, 3.8) is 0 Å². The second kappa shape index (κ2) is 6.43. The van der Waals surface area contributed by atoms with Crippen LogP contribution in [0.25, 0.3) is 21.0 Å². The highest BCUT2D eigenvalue weighted by Crippen LogP contribution is 2.36. The summed E-state index contributed by atoms with van der Waals surface area (Å²) in [5.41, 5.74) is 3.28. The van der Waals surface area contributed by atoms with Gasteiger partial charge in [0.1, 0.15) is 0 Å². The van der Waals surface area contributed by atoms with E-state index < -0.39 is 0 Å². The van der Waals surface area contributed by atoms with Crippen molar-refractivity contribution in [2.75, 3.05) is 0 Å². The molecule has 0 radical (unpaired) electrons. The van der Waals surface area contributed by atoms with Crippen LogP contribution in [0.2, 0.25) is 5.02 Å². The molecule has 0 bridgehead atoms. The summed E-state index contributed by atoms with van der Waals surface area (Å²) in [5, 5.41) is 20.2. The van der Waals surface area contributed by atoms with E-state index in [9.17, 15) is 0 Å². The summed E-state index contributed by atoms with van der Waals surface area (Å²) in [4.78, 5) is 0. The van der Waals surface area contributed by atoms with Crippen molar-refractivity contribution in [2.24, 2.45) is 0 Å². The Hall–Kier alpha value is -2.70. The molecule has 7 heteroatoms. The van der Waals surface area contributed by atoms with Gasteiger partial charge in [0.25, 0.3) is 0 Å². The van der Waals surface area contributed by atoms with Crippen LogP contribution in [0.4, 0.5) is 0 Å². The molecule has 2 aromatic carbocycles. The first-order chi connectivity index (χ1) is 13.5. The summed E-state index contributed by atoms with van der Waals surface area (Å²) < 4.78 is 3.55. The molecule has 0 atom stereocenters. The normalized spacial score (nSPS) is 12.2. The van der Waals surface area contributed by atoms with Gasteiger partial charge in [0, 0.05) is 33.4 Å². The third-order valence-electron chi connectivity index (χ3n) is 5.32. The van der Waals surface area contributed by atoms with Gasteiger partial charge >= 0.3 is 0 Å². The highest BCUT2D eigenvalue weighted by Gasteiger charge is 2.31. The van der Waals surface area contributed by atoms with Crippen molar-refractivity contribution >= 4 is 43.9 Å². The third-order valence-corrected chi connectivity index (χ3v) is 6.57. The fourth-order valence-corrected chi connectivity index (χ4v) is 4.89. The van der Waals surface area contributed by atoms with Crippen LogP contribution in [0, 0.1) is 0 Å². The van der Waals surface area contributed by atoms with Crippen LogP contribution in [0.15, 0.2) is 54.0 Å². The number of para-hydroxylation sites is 1. The maximum atomic E-state index is 6.24. The predicted octanol–water partition coefficient (Wildman–Crippen LogP) is 5.40. The molecule has 3 heterocycles. The molecule has 0 spiro atoms. The van der Waals surface area contributed by atoms with Crippen molar-refractivity contribution in [1.82, 2.24) is 25.2 Å². The van der Waals surface area contributed by atoms with Crippen molar-refractivity contribution in [2.45, 2.75) is 25.8 Å². The van der Waals surface area contributed by atoms with Crippen molar-refractivity contribution in [3.05, 3.63) is 76.0 Å². The van der Waals surface area contributed by atoms with Crippen LogP contribution >= 0.6 is 22.9 Å². The molecule has 5 nitrogen and oxygen atoms in total. The Morgan fingerprint density at radius 3 is 2.82 bits per heavy atom. The van der Waals surface area contributed by atoms with E-state index in [-0.39, 0.29) is 5.41 Å². The van der Waals surface area contributed by atoms with Crippen LogP contribution in [0.5, 0.6) is 0 Å². The molecule has 0 amide bonds. The number of hydrogen-bond acceptors (Lipinski definition) is 4. The van der Waals surface area contributed by atoms with E-state index in [1.165, 1.54) is 32.1 Å². The SMILES string of the molecule is CC(C)(c1nn[nH]n1)c1cn(Cc2csc3ccc(Cl)cc23)c2ccccc12. The van der Waals surface area contributed by atoms with Gasteiger partial charge in [-0.1, -0.05) is 35.0 Å². The zero-order valence-corrected chi connectivity index (χ0v) is 17.1. The number of H-pyrrole nitrogens is 1. The zero-order valence-electron chi connectivity index (χ0n) is 15.5. The molecule has 0 saturated carbocycles. The Labute approximate surface area is 171 Å². The van der Waals surface area contributed by atoms with E-state index in [0.29, 0.717) is 5.82 Å². The molecule has 140 valence electrons. The summed E-state index contributed by atoms with van der Waals surface area (Å²) in [6.07, 6.45) is 2.22. The second-order valence-corrected chi connectivity index (χ2v) is 8.80. The lowest BCUT2D eigenvalue weighted by Crippen LogP contribution is -2.20. The fourth-order valence-electron chi connectivity index (χ4n) is 3.78. The molecule has 0 aliphatic rings. The summed E-state index contributed by atoms with van der Waals surface area (Å²) in [6, 6.07) is 14.6. The van der Waals surface area contributed by atoms with E-state index >= 15 is 0 Å². The average Bonchev–Trinajstić information content (AvgIpc) is 3.42. The van der Waals surface area contributed by atoms with Gasteiger partial charge in [-0.3, -0.25) is 0 Å². The first kappa shape index (κ1) is 17.4. The topological polar surface area (TPSA) is 59.4 Å². The monoisotopic (exact) mass is 407 g/mol.